The van der Waals surface area contributed by atoms with Crippen LogP contribution in [0.1, 0.15) is 85.0 Å². The fourth-order valence-electron chi connectivity index (χ4n) is 7.24. The van der Waals surface area contributed by atoms with E-state index in [2.05, 4.69) is 10.6 Å². The Morgan fingerprint density at radius 1 is 1.03 bits per heavy atom. The van der Waals surface area contributed by atoms with E-state index in [1.165, 1.54) is 49.8 Å². The molecule has 1 heterocycles. The number of thiocarbonyl (C=S) groups is 1. The molecule has 5 aliphatic rings. The Kier molecular flexibility index (Phi) is 5.38. The maximum atomic E-state index is 12.9. The lowest BCUT2D eigenvalue weighted by Crippen LogP contribution is -2.48. The molecule has 0 unspecified atom stereocenters. The van der Waals surface area contributed by atoms with Gasteiger partial charge in [-0.2, -0.15) is 0 Å². The molecule has 1 aromatic heterocycles. The van der Waals surface area contributed by atoms with Crippen LogP contribution in [0.25, 0.3) is 0 Å². The van der Waals surface area contributed by atoms with E-state index >= 15 is 0 Å². The largest absolute Gasteiger partial charge is 0.365 e. The van der Waals surface area contributed by atoms with Crippen LogP contribution in [0.4, 0.5) is 5.00 Å². The molecule has 1 aromatic rings. The standard InChI is InChI=1S/C23H31N3O2S2/c24-20(28)19-16-4-2-1-3-5-17(16)30-21(19)26-22(29)25-18(27)12-23-9-13-6-14(10-23)8-15(7-13)11-23/h13-15H,1-12H2,(H2,24,28)(H2,25,26,27,29). The van der Waals surface area contributed by atoms with Gasteiger partial charge in [-0.15, -0.1) is 11.3 Å². The van der Waals surface area contributed by atoms with Crippen LogP contribution in [0.15, 0.2) is 0 Å². The van der Waals surface area contributed by atoms with Gasteiger partial charge >= 0.3 is 0 Å². The van der Waals surface area contributed by atoms with Crippen LogP contribution >= 0.6 is 23.6 Å². The van der Waals surface area contributed by atoms with Crippen LogP contribution in [0, 0.1) is 23.2 Å². The summed E-state index contributed by atoms with van der Waals surface area (Å²) in [6.45, 7) is 0. The van der Waals surface area contributed by atoms with Gasteiger partial charge in [0, 0.05) is 11.3 Å². The molecule has 7 heteroatoms. The highest BCUT2D eigenvalue weighted by atomic mass is 32.1. The Labute approximate surface area is 187 Å². The highest BCUT2D eigenvalue weighted by Crippen LogP contribution is 2.61. The maximum Gasteiger partial charge on any atom is 0.251 e. The first-order chi connectivity index (χ1) is 14.4. The monoisotopic (exact) mass is 445 g/mol. The zero-order chi connectivity index (χ0) is 20.9. The second-order valence-corrected chi connectivity index (χ2v) is 11.7. The number of carbonyl (C=O) groups excluding carboxylic acids is 2. The number of nitrogens with one attached hydrogen (secondary N) is 2. The molecular weight excluding hydrogens is 414 g/mol. The summed E-state index contributed by atoms with van der Waals surface area (Å²) >= 11 is 7.01. The Balaban J connectivity index is 1.24. The van der Waals surface area contributed by atoms with Gasteiger partial charge in [-0.1, -0.05) is 6.42 Å². The van der Waals surface area contributed by atoms with Crippen LogP contribution in [0.2, 0.25) is 0 Å². The van der Waals surface area contributed by atoms with Crippen LogP contribution in [0.5, 0.6) is 0 Å². The average molecular weight is 446 g/mol. The Bertz CT molecular complexity index is 856. The lowest BCUT2D eigenvalue weighted by atomic mass is 9.49. The number of nitrogens with two attached hydrogens (primary N) is 1. The van der Waals surface area contributed by atoms with Gasteiger partial charge in [0.2, 0.25) is 5.91 Å². The molecule has 4 N–H and O–H groups in total. The molecule has 0 saturated heterocycles. The van der Waals surface area contributed by atoms with Gasteiger partial charge in [0.25, 0.3) is 5.91 Å². The molecular formula is C23H31N3O2S2. The van der Waals surface area contributed by atoms with Crippen LogP contribution in [-0.4, -0.2) is 16.9 Å². The number of anilines is 1. The van der Waals surface area contributed by atoms with Crippen molar-refractivity contribution in [3.05, 3.63) is 16.0 Å². The van der Waals surface area contributed by atoms with E-state index in [0.717, 1.165) is 49.0 Å². The zero-order valence-electron chi connectivity index (χ0n) is 17.4. The molecule has 2 amide bonds. The summed E-state index contributed by atoms with van der Waals surface area (Å²) in [6.07, 6.45) is 13.6. The molecule has 5 nitrogen and oxygen atoms in total. The van der Waals surface area contributed by atoms with Gasteiger partial charge in [0.15, 0.2) is 5.11 Å². The number of thiophene rings is 1. The van der Waals surface area contributed by atoms with Crippen molar-refractivity contribution in [2.24, 2.45) is 28.9 Å². The summed E-state index contributed by atoms with van der Waals surface area (Å²) in [5.74, 6) is 2.07. The quantitative estimate of drug-likeness (QED) is 0.469. The SMILES string of the molecule is NC(=O)c1c(NC(=S)NC(=O)CC23CC4CC(CC(C4)C2)C3)sc2c1CCCCC2. The zero-order valence-corrected chi connectivity index (χ0v) is 19.1. The number of aryl methyl sites for hydroxylation is 1. The second-order valence-electron chi connectivity index (χ2n) is 10.2. The first kappa shape index (κ1) is 20.4. The number of hydrogen-bond donors (Lipinski definition) is 3. The molecule has 6 rings (SSSR count). The fourth-order valence-corrected chi connectivity index (χ4v) is 8.82. The second kappa shape index (κ2) is 7.90. The summed E-state index contributed by atoms with van der Waals surface area (Å²) < 4.78 is 0. The molecule has 4 fully saturated rings. The van der Waals surface area contributed by atoms with Crippen LogP contribution in [-0.2, 0) is 17.6 Å². The third kappa shape index (κ3) is 3.91. The van der Waals surface area contributed by atoms with Crippen molar-refractivity contribution in [1.29, 1.82) is 0 Å². The smallest absolute Gasteiger partial charge is 0.251 e. The number of carbonyl (C=O) groups is 2. The normalized spacial score (nSPS) is 31.7. The molecule has 4 saturated carbocycles. The summed E-state index contributed by atoms with van der Waals surface area (Å²) in [5.41, 5.74) is 7.53. The van der Waals surface area contributed by atoms with Crippen molar-refractivity contribution in [3.8, 4) is 0 Å². The maximum absolute atomic E-state index is 12.9. The van der Waals surface area contributed by atoms with E-state index in [1.807, 2.05) is 0 Å². The van der Waals surface area contributed by atoms with E-state index in [-0.39, 0.29) is 16.4 Å². The lowest BCUT2D eigenvalue weighted by Gasteiger charge is -2.56. The minimum absolute atomic E-state index is 0.00759. The Hall–Kier alpha value is -1.47. The first-order valence-electron chi connectivity index (χ1n) is 11.5. The number of amides is 2. The average Bonchev–Trinajstić information content (AvgIpc) is 2.81. The Morgan fingerprint density at radius 3 is 2.30 bits per heavy atom. The number of primary amides is 1. The van der Waals surface area contributed by atoms with Crippen molar-refractivity contribution in [2.75, 3.05) is 5.32 Å². The van der Waals surface area contributed by atoms with Crippen LogP contribution in [0.3, 0.4) is 0 Å². The number of rotatable bonds is 4. The summed E-state index contributed by atoms with van der Waals surface area (Å²) in [4.78, 5) is 26.2. The van der Waals surface area contributed by atoms with Gasteiger partial charge in [0.1, 0.15) is 5.00 Å². The van der Waals surface area contributed by atoms with E-state index in [9.17, 15) is 9.59 Å². The molecule has 0 spiro atoms. The third-order valence-corrected chi connectivity index (χ3v) is 9.26. The summed E-state index contributed by atoms with van der Waals surface area (Å²) in [7, 11) is 0. The third-order valence-electron chi connectivity index (χ3n) is 7.85. The Morgan fingerprint density at radius 2 is 1.67 bits per heavy atom. The van der Waals surface area contributed by atoms with E-state index in [0.29, 0.717) is 17.0 Å². The van der Waals surface area contributed by atoms with Crippen molar-refractivity contribution >= 4 is 45.5 Å². The summed E-state index contributed by atoms with van der Waals surface area (Å²) in [5, 5.41) is 6.99. The molecule has 0 radical (unpaired) electrons. The van der Waals surface area contributed by atoms with Crippen molar-refractivity contribution in [2.45, 2.75) is 77.0 Å². The van der Waals surface area contributed by atoms with Crippen molar-refractivity contribution in [3.63, 3.8) is 0 Å². The van der Waals surface area contributed by atoms with Crippen molar-refractivity contribution < 1.29 is 9.59 Å². The van der Waals surface area contributed by atoms with E-state index in [4.69, 9.17) is 18.0 Å². The minimum Gasteiger partial charge on any atom is -0.365 e. The molecule has 5 aliphatic carbocycles. The minimum atomic E-state index is -0.417. The lowest BCUT2D eigenvalue weighted by molar-refractivity contribution is -0.127. The van der Waals surface area contributed by atoms with Gasteiger partial charge in [0.05, 0.1) is 5.56 Å². The van der Waals surface area contributed by atoms with E-state index < -0.39 is 5.91 Å². The highest BCUT2D eigenvalue weighted by Gasteiger charge is 2.51. The topological polar surface area (TPSA) is 84.2 Å². The predicted octanol–water partition coefficient (Wildman–Crippen LogP) is 4.54. The molecule has 30 heavy (non-hydrogen) atoms. The summed E-state index contributed by atoms with van der Waals surface area (Å²) in [6, 6.07) is 0. The van der Waals surface area contributed by atoms with Gasteiger partial charge in [-0.05, 0) is 105 Å². The molecule has 0 atom stereocenters. The molecule has 0 aromatic carbocycles. The van der Waals surface area contributed by atoms with Gasteiger partial charge in [-0.25, -0.2) is 0 Å². The van der Waals surface area contributed by atoms with E-state index in [1.54, 1.807) is 11.3 Å². The highest BCUT2D eigenvalue weighted by molar-refractivity contribution is 7.80. The number of hydrogen-bond acceptors (Lipinski definition) is 4. The van der Waals surface area contributed by atoms with Gasteiger partial charge in [-0.3, -0.25) is 9.59 Å². The van der Waals surface area contributed by atoms with Gasteiger partial charge < -0.3 is 16.4 Å². The van der Waals surface area contributed by atoms with Crippen molar-refractivity contribution in [1.82, 2.24) is 5.32 Å². The van der Waals surface area contributed by atoms with Crippen LogP contribution < -0.4 is 16.4 Å². The first-order valence-corrected chi connectivity index (χ1v) is 12.7. The molecule has 4 bridgehead atoms. The molecule has 0 aliphatic heterocycles. The number of fused-ring (bicyclic) bond motifs is 1. The fraction of sp³-hybridized carbons (Fsp3) is 0.696. The molecule has 162 valence electrons. The predicted molar refractivity (Wildman–Crippen MR) is 124 cm³/mol.